The molecule has 144 valence electrons. The number of hydrogen-bond donors (Lipinski definition) is 1. The van der Waals surface area contributed by atoms with Crippen LogP contribution in [0.15, 0.2) is 54.6 Å². The first kappa shape index (κ1) is 19.1. The molecule has 1 N–H and O–H groups in total. The van der Waals surface area contributed by atoms with Gasteiger partial charge in [-0.15, -0.1) is 0 Å². The van der Waals surface area contributed by atoms with E-state index in [1.807, 2.05) is 6.07 Å². The number of carbonyl (C=O) groups excluding carboxylic acids is 2. The second kappa shape index (κ2) is 8.34. The number of amides is 2. The van der Waals surface area contributed by atoms with Gasteiger partial charge in [0, 0.05) is 42.9 Å². The number of nitrogens with one attached hydrogen (secondary N) is 1. The van der Waals surface area contributed by atoms with Gasteiger partial charge in [0.1, 0.15) is 5.75 Å². The molecule has 0 bridgehead atoms. The quantitative estimate of drug-likeness (QED) is 0.471. The second-order valence-corrected chi connectivity index (χ2v) is 6.30. The number of nitro benzene ring substituents is 1. The number of ether oxygens (including phenoxy) is 1. The molecular formula is C20H19N3O5. The van der Waals surface area contributed by atoms with Gasteiger partial charge in [0.05, 0.1) is 18.1 Å². The predicted molar refractivity (Wildman–Crippen MR) is 104 cm³/mol. The fourth-order valence-electron chi connectivity index (χ4n) is 2.96. The van der Waals surface area contributed by atoms with Gasteiger partial charge >= 0.3 is 0 Å². The molecule has 1 atom stereocenters. The molecule has 2 amide bonds. The van der Waals surface area contributed by atoms with Gasteiger partial charge in [-0.25, -0.2) is 0 Å². The lowest BCUT2D eigenvalue weighted by Gasteiger charge is -2.17. The van der Waals surface area contributed by atoms with Crippen LogP contribution in [0.1, 0.15) is 12.0 Å². The molecule has 1 saturated heterocycles. The first-order valence-electron chi connectivity index (χ1n) is 8.63. The van der Waals surface area contributed by atoms with Crippen molar-refractivity contribution in [2.45, 2.75) is 12.5 Å². The van der Waals surface area contributed by atoms with E-state index < -0.39 is 4.92 Å². The van der Waals surface area contributed by atoms with Gasteiger partial charge in [0.25, 0.3) is 5.69 Å². The minimum Gasteiger partial charge on any atom is -0.497 e. The first-order valence-corrected chi connectivity index (χ1v) is 8.63. The molecule has 1 aliphatic rings. The molecule has 0 aliphatic carbocycles. The summed E-state index contributed by atoms with van der Waals surface area (Å²) in [7, 11) is 1.56. The van der Waals surface area contributed by atoms with Crippen LogP contribution in [0.3, 0.4) is 0 Å². The lowest BCUT2D eigenvalue weighted by molar-refractivity contribution is -0.384. The van der Waals surface area contributed by atoms with Crippen LogP contribution in [0.4, 0.5) is 11.4 Å². The number of non-ortho nitro benzene ring substituents is 1. The number of carbonyl (C=O) groups is 2. The number of methoxy groups -OCH3 is 1. The molecule has 0 spiro atoms. The van der Waals surface area contributed by atoms with E-state index >= 15 is 0 Å². The van der Waals surface area contributed by atoms with Crippen molar-refractivity contribution in [3.05, 3.63) is 70.3 Å². The van der Waals surface area contributed by atoms with Crippen molar-refractivity contribution in [3.8, 4) is 5.75 Å². The Morgan fingerprint density at radius 1 is 1.29 bits per heavy atom. The Bertz CT molecular complexity index is 924. The predicted octanol–water partition coefficient (Wildman–Crippen LogP) is 2.54. The third kappa shape index (κ3) is 4.53. The highest BCUT2D eigenvalue weighted by Gasteiger charge is 2.31. The van der Waals surface area contributed by atoms with Gasteiger partial charge in [-0.2, -0.15) is 0 Å². The number of rotatable bonds is 6. The maximum atomic E-state index is 12.3. The van der Waals surface area contributed by atoms with Crippen LogP contribution >= 0.6 is 0 Å². The lowest BCUT2D eigenvalue weighted by atomic mass is 10.2. The van der Waals surface area contributed by atoms with E-state index in [0.29, 0.717) is 17.9 Å². The minimum absolute atomic E-state index is 0.0105. The number of nitro groups is 1. The zero-order valence-corrected chi connectivity index (χ0v) is 15.2. The van der Waals surface area contributed by atoms with Crippen LogP contribution in [0.5, 0.6) is 5.75 Å². The lowest BCUT2D eigenvalue weighted by Crippen LogP contribution is -2.36. The zero-order valence-electron chi connectivity index (χ0n) is 15.2. The fraction of sp³-hybridized carbons (Fsp3) is 0.200. The Kier molecular flexibility index (Phi) is 5.69. The van der Waals surface area contributed by atoms with Gasteiger partial charge < -0.3 is 15.0 Å². The summed E-state index contributed by atoms with van der Waals surface area (Å²) >= 11 is 0. The van der Waals surface area contributed by atoms with Crippen molar-refractivity contribution in [2.75, 3.05) is 18.6 Å². The SMILES string of the molecule is COc1cccc(N2CC(NC(=O)/C=C/c3ccc([N+](=O)[O-])cc3)CC2=O)c1. The molecule has 1 heterocycles. The maximum absolute atomic E-state index is 12.3. The molecular weight excluding hydrogens is 362 g/mol. The monoisotopic (exact) mass is 381 g/mol. The highest BCUT2D eigenvalue weighted by atomic mass is 16.6. The average molecular weight is 381 g/mol. The molecule has 1 fully saturated rings. The molecule has 0 saturated carbocycles. The highest BCUT2D eigenvalue weighted by Crippen LogP contribution is 2.25. The van der Waals surface area contributed by atoms with E-state index in [1.54, 1.807) is 48.4 Å². The number of hydrogen-bond acceptors (Lipinski definition) is 5. The summed E-state index contributed by atoms with van der Waals surface area (Å²) in [6.07, 6.45) is 3.13. The molecule has 8 heteroatoms. The Hall–Kier alpha value is -3.68. The second-order valence-electron chi connectivity index (χ2n) is 6.30. The molecule has 2 aromatic rings. The molecule has 0 aromatic heterocycles. The molecule has 8 nitrogen and oxygen atoms in total. The normalized spacial score (nSPS) is 16.4. The summed E-state index contributed by atoms with van der Waals surface area (Å²) in [6, 6.07) is 12.8. The zero-order chi connectivity index (χ0) is 20.1. The van der Waals surface area contributed by atoms with Crippen LogP contribution in [0.25, 0.3) is 6.08 Å². The van der Waals surface area contributed by atoms with E-state index in [2.05, 4.69) is 5.32 Å². The minimum atomic E-state index is -0.481. The third-order valence-electron chi connectivity index (χ3n) is 4.37. The average Bonchev–Trinajstić information content (AvgIpc) is 3.06. The van der Waals surface area contributed by atoms with E-state index in [9.17, 15) is 19.7 Å². The van der Waals surface area contributed by atoms with Gasteiger partial charge in [-0.3, -0.25) is 19.7 Å². The Labute approximate surface area is 161 Å². The molecule has 2 aromatic carbocycles. The van der Waals surface area contributed by atoms with Crippen LogP contribution < -0.4 is 15.0 Å². The van der Waals surface area contributed by atoms with Gasteiger partial charge in [0.2, 0.25) is 11.8 Å². The Morgan fingerprint density at radius 3 is 2.71 bits per heavy atom. The smallest absolute Gasteiger partial charge is 0.269 e. The standard InChI is InChI=1S/C20H19N3O5/c1-28-18-4-2-3-17(12-18)22-13-15(11-20(22)25)21-19(24)10-7-14-5-8-16(9-6-14)23(26)27/h2-10,12,15H,11,13H2,1H3,(H,21,24)/b10-7+. The number of benzene rings is 2. The van der Waals surface area contributed by atoms with E-state index in [0.717, 1.165) is 5.69 Å². The number of nitrogens with zero attached hydrogens (tertiary/aromatic N) is 2. The van der Waals surface area contributed by atoms with Crippen LogP contribution in [0, 0.1) is 10.1 Å². The topological polar surface area (TPSA) is 102 Å². The molecule has 3 rings (SSSR count). The van der Waals surface area contributed by atoms with Crippen LogP contribution in [0.2, 0.25) is 0 Å². The maximum Gasteiger partial charge on any atom is 0.269 e. The van der Waals surface area contributed by atoms with Gasteiger partial charge in [-0.1, -0.05) is 6.07 Å². The van der Waals surface area contributed by atoms with Gasteiger partial charge in [-0.05, 0) is 35.9 Å². The summed E-state index contributed by atoms with van der Waals surface area (Å²) in [6.45, 7) is 0.378. The summed E-state index contributed by atoms with van der Waals surface area (Å²) < 4.78 is 5.18. The van der Waals surface area contributed by atoms with Crippen LogP contribution in [-0.4, -0.2) is 36.4 Å². The van der Waals surface area contributed by atoms with E-state index in [4.69, 9.17) is 4.74 Å². The van der Waals surface area contributed by atoms with E-state index in [1.165, 1.54) is 18.2 Å². The largest absolute Gasteiger partial charge is 0.497 e. The third-order valence-corrected chi connectivity index (χ3v) is 4.37. The Morgan fingerprint density at radius 2 is 2.04 bits per heavy atom. The van der Waals surface area contributed by atoms with Gasteiger partial charge in [0.15, 0.2) is 0 Å². The molecule has 1 unspecified atom stereocenters. The summed E-state index contributed by atoms with van der Waals surface area (Å²) in [5.74, 6) is 0.255. The molecule has 0 radical (unpaired) electrons. The summed E-state index contributed by atoms with van der Waals surface area (Å²) in [4.78, 5) is 36.2. The van der Waals surface area contributed by atoms with Crippen LogP contribution in [-0.2, 0) is 9.59 Å². The van der Waals surface area contributed by atoms with E-state index in [-0.39, 0.29) is 30.0 Å². The van der Waals surface area contributed by atoms with Crippen molar-refractivity contribution in [1.82, 2.24) is 5.32 Å². The Balaban J connectivity index is 1.58. The first-order chi connectivity index (χ1) is 13.5. The van der Waals surface area contributed by atoms with Crippen molar-refractivity contribution in [3.63, 3.8) is 0 Å². The molecule has 28 heavy (non-hydrogen) atoms. The van der Waals surface area contributed by atoms with Crippen molar-refractivity contribution in [2.24, 2.45) is 0 Å². The molecule has 1 aliphatic heterocycles. The van der Waals surface area contributed by atoms with Crippen molar-refractivity contribution >= 4 is 29.3 Å². The number of anilines is 1. The summed E-state index contributed by atoms with van der Waals surface area (Å²) in [5.41, 5.74) is 1.38. The van der Waals surface area contributed by atoms with Crippen molar-refractivity contribution < 1.29 is 19.2 Å². The van der Waals surface area contributed by atoms with Crippen molar-refractivity contribution in [1.29, 1.82) is 0 Å². The summed E-state index contributed by atoms with van der Waals surface area (Å²) in [5, 5.41) is 13.5. The highest BCUT2D eigenvalue weighted by molar-refractivity contribution is 5.98. The fourth-order valence-corrected chi connectivity index (χ4v) is 2.96.